The molecule has 0 amide bonds. The number of aromatic nitrogens is 1. The fourth-order valence-electron chi connectivity index (χ4n) is 4.10. The molecule has 6 heteroatoms. The first kappa shape index (κ1) is 22.5. The third-order valence-electron chi connectivity index (χ3n) is 6.01. The van der Waals surface area contributed by atoms with E-state index in [1.54, 1.807) is 13.2 Å². The van der Waals surface area contributed by atoms with Crippen molar-refractivity contribution >= 4 is 0 Å². The molecule has 2 heterocycles. The van der Waals surface area contributed by atoms with Crippen molar-refractivity contribution in [2.75, 3.05) is 46.5 Å². The molecule has 0 saturated carbocycles. The third-order valence-corrected chi connectivity index (χ3v) is 6.01. The van der Waals surface area contributed by atoms with E-state index in [4.69, 9.17) is 9.47 Å². The Bertz CT molecular complexity index is 967. The smallest absolute Gasteiger partial charge is 0.128 e. The molecule has 2 aromatic carbocycles. The van der Waals surface area contributed by atoms with Crippen molar-refractivity contribution in [3.05, 3.63) is 89.5 Å². The van der Waals surface area contributed by atoms with Gasteiger partial charge in [0.2, 0.25) is 0 Å². The zero-order chi connectivity index (χ0) is 22.2. The van der Waals surface area contributed by atoms with Crippen molar-refractivity contribution in [1.82, 2.24) is 14.4 Å². The van der Waals surface area contributed by atoms with Crippen LogP contribution in [0.2, 0.25) is 0 Å². The van der Waals surface area contributed by atoms with Crippen LogP contribution in [0.15, 0.2) is 66.9 Å². The Hall–Kier alpha value is -2.67. The van der Waals surface area contributed by atoms with Gasteiger partial charge in [-0.15, -0.1) is 0 Å². The highest BCUT2D eigenvalue weighted by Crippen LogP contribution is 2.17. The van der Waals surface area contributed by atoms with Gasteiger partial charge in [-0.25, -0.2) is 4.39 Å². The Labute approximate surface area is 190 Å². The van der Waals surface area contributed by atoms with Crippen LogP contribution < -0.4 is 4.74 Å². The standard InChI is InChI=1S/C26H32FN3O2/c1-31-25-10-8-22(9-11-25)19-29(14-13-28-15-17-32-18-16-28)21-24-6-4-12-30(24)20-23-5-2-3-7-26(23)27/h2-12H,13-21H2,1H3. The number of nitrogens with zero attached hydrogens (tertiary/aromatic N) is 3. The highest BCUT2D eigenvalue weighted by molar-refractivity contribution is 5.27. The van der Waals surface area contributed by atoms with E-state index in [-0.39, 0.29) is 5.82 Å². The third kappa shape index (κ3) is 6.19. The summed E-state index contributed by atoms with van der Waals surface area (Å²) in [5.41, 5.74) is 3.14. The molecule has 0 N–H and O–H groups in total. The highest BCUT2D eigenvalue weighted by Gasteiger charge is 2.15. The number of morpholine rings is 1. The molecule has 4 rings (SSSR count). The Balaban J connectivity index is 1.46. The zero-order valence-electron chi connectivity index (χ0n) is 18.8. The van der Waals surface area contributed by atoms with Crippen molar-refractivity contribution in [1.29, 1.82) is 0 Å². The number of methoxy groups -OCH3 is 1. The molecule has 1 aliphatic rings. The molecule has 0 unspecified atom stereocenters. The summed E-state index contributed by atoms with van der Waals surface area (Å²) in [4.78, 5) is 4.92. The first-order chi connectivity index (χ1) is 15.7. The molecule has 0 spiro atoms. The maximum absolute atomic E-state index is 14.2. The van der Waals surface area contributed by atoms with Gasteiger partial charge in [0.25, 0.3) is 0 Å². The first-order valence-corrected chi connectivity index (χ1v) is 11.2. The summed E-state index contributed by atoms with van der Waals surface area (Å²) >= 11 is 0. The van der Waals surface area contributed by atoms with Crippen molar-refractivity contribution in [3.63, 3.8) is 0 Å². The summed E-state index contributed by atoms with van der Waals surface area (Å²) < 4.78 is 27.1. The molecule has 1 fully saturated rings. The number of ether oxygens (including phenoxy) is 2. The van der Waals surface area contributed by atoms with Crippen LogP contribution in [0.5, 0.6) is 5.75 Å². The van der Waals surface area contributed by atoms with Crippen molar-refractivity contribution < 1.29 is 13.9 Å². The second-order valence-corrected chi connectivity index (χ2v) is 8.23. The molecule has 0 bridgehead atoms. The summed E-state index contributed by atoms with van der Waals surface area (Å²) in [7, 11) is 1.69. The van der Waals surface area contributed by atoms with Crippen molar-refractivity contribution in [2.24, 2.45) is 0 Å². The van der Waals surface area contributed by atoms with Gasteiger partial charge in [0, 0.05) is 56.7 Å². The molecule has 0 aliphatic carbocycles. The summed E-state index contributed by atoms with van der Waals surface area (Å²) in [6.45, 7) is 7.74. The topological polar surface area (TPSA) is 29.9 Å². The molecule has 1 saturated heterocycles. The predicted molar refractivity (Wildman–Crippen MR) is 124 cm³/mol. The molecule has 1 aliphatic heterocycles. The lowest BCUT2D eigenvalue weighted by atomic mass is 10.2. The lowest BCUT2D eigenvalue weighted by molar-refractivity contribution is 0.0323. The van der Waals surface area contributed by atoms with Crippen LogP contribution >= 0.6 is 0 Å². The van der Waals surface area contributed by atoms with Gasteiger partial charge >= 0.3 is 0 Å². The molecule has 1 aromatic heterocycles. The van der Waals surface area contributed by atoms with Crippen LogP contribution in [0, 0.1) is 5.82 Å². The van der Waals surface area contributed by atoms with Gasteiger partial charge < -0.3 is 14.0 Å². The molecular weight excluding hydrogens is 405 g/mol. The quantitative estimate of drug-likeness (QED) is 0.479. The minimum atomic E-state index is -0.158. The second kappa shape index (κ2) is 11.3. The highest BCUT2D eigenvalue weighted by atomic mass is 19.1. The normalized spacial score (nSPS) is 14.7. The average Bonchev–Trinajstić information content (AvgIpc) is 3.26. The number of halogens is 1. The van der Waals surface area contributed by atoms with Crippen molar-refractivity contribution in [3.8, 4) is 5.75 Å². The van der Waals surface area contributed by atoms with Crippen LogP contribution in [0.25, 0.3) is 0 Å². The Morgan fingerprint density at radius 3 is 2.50 bits per heavy atom. The Morgan fingerprint density at radius 1 is 0.969 bits per heavy atom. The van der Waals surface area contributed by atoms with Crippen molar-refractivity contribution in [2.45, 2.75) is 19.6 Å². The molecule has 32 heavy (non-hydrogen) atoms. The molecule has 0 atom stereocenters. The van der Waals surface area contributed by atoms with E-state index in [1.807, 2.05) is 36.5 Å². The van der Waals surface area contributed by atoms with Gasteiger partial charge in [-0.3, -0.25) is 9.80 Å². The van der Waals surface area contributed by atoms with E-state index < -0.39 is 0 Å². The minimum absolute atomic E-state index is 0.158. The van der Waals surface area contributed by atoms with Crippen LogP contribution in [-0.2, 0) is 24.4 Å². The summed E-state index contributed by atoms with van der Waals surface area (Å²) in [6.07, 6.45) is 2.04. The molecule has 170 valence electrons. The van der Waals surface area contributed by atoms with Gasteiger partial charge in [0.15, 0.2) is 0 Å². The number of benzene rings is 2. The number of rotatable bonds is 10. The van der Waals surface area contributed by atoms with Gasteiger partial charge in [0.1, 0.15) is 11.6 Å². The van der Waals surface area contributed by atoms with E-state index in [2.05, 4.69) is 32.6 Å². The predicted octanol–water partition coefficient (Wildman–Crippen LogP) is 4.02. The summed E-state index contributed by atoms with van der Waals surface area (Å²) in [5, 5.41) is 0. The van der Waals surface area contributed by atoms with Gasteiger partial charge in [-0.2, -0.15) is 0 Å². The monoisotopic (exact) mass is 437 g/mol. The SMILES string of the molecule is COc1ccc(CN(CCN2CCOCC2)Cc2cccn2Cc2ccccc2F)cc1. The van der Waals surface area contributed by atoms with Crippen LogP contribution in [0.1, 0.15) is 16.8 Å². The average molecular weight is 438 g/mol. The molecular formula is C26H32FN3O2. The molecule has 3 aromatic rings. The fourth-order valence-corrected chi connectivity index (χ4v) is 4.10. The van der Waals surface area contributed by atoms with Crippen LogP contribution in [0.3, 0.4) is 0 Å². The van der Waals surface area contributed by atoms with E-state index in [0.29, 0.717) is 12.1 Å². The van der Waals surface area contributed by atoms with E-state index in [0.717, 1.165) is 58.2 Å². The maximum atomic E-state index is 14.2. The lowest BCUT2D eigenvalue weighted by Crippen LogP contribution is -2.41. The largest absolute Gasteiger partial charge is 0.497 e. The maximum Gasteiger partial charge on any atom is 0.128 e. The first-order valence-electron chi connectivity index (χ1n) is 11.2. The van der Waals surface area contributed by atoms with Gasteiger partial charge in [-0.1, -0.05) is 30.3 Å². The van der Waals surface area contributed by atoms with Crippen LogP contribution in [0.4, 0.5) is 4.39 Å². The van der Waals surface area contributed by atoms with Gasteiger partial charge in [-0.05, 0) is 35.9 Å². The number of hydrogen-bond donors (Lipinski definition) is 0. The number of hydrogen-bond acceptors (Lipinski definition) is 4. The van der Waals surface area contributed by atoms with E-state index in [9.17, 15) is 4.39 Å². The summed E-state index contributed by atoms with van der Waals surface area (Å²) in [5.74, 6) is 0.710. The Morgan fingerprint density at radius 2 is 1.75 bits per heavy atom. The van der Waals surface area contributed by atoms with E-state index in [1.165, 1.54) is 17.3 Å². The summed E-state index contributed by atoms with van der Waals surface area (Å²) in [6, 6.07) is 19.5. The molecule has 0 radical (unpaired) electrons. The van der Waals surface area contributed by atoms with Crippen LogP contribution in [-0.4, -0.2) is 60.9 Å². The minimum Gasteiger partial charge on any atom is -0.497 e. The van der Waals surface area contributed by atoms with E-state index >= 15 is 0 Å². The zero-order valence-corrected chi connectivity index (χ0v) is 18.8. The molecule has 5 nitrogen and oxygen atoms in total. The fraction of sp³-hybridized carbons (Fsp3) is 0.385. The Kier molecular flexibility index (Phi) is 7.93. The second-order valence-electron chi connectivity index (χ2n) is 8.23. The lowest BCUT2D eigenvalue weighted by Gasteiger charge is -2.30. The van der Waals surface area contributed by atoms with Gasteiger partial charge in [0.05, 0.1) is 26.9 Å².